The van der Waals surface area contributed by atoms with Gasteiger partial charge in [0.2, 0.25) is 0 Å². The first-order chi connectivity index (χ1) is 12.1. The van der Waals surface area contributed by atoms with Crippen LogP contribution in [0.4, 0.5) is 0 Å². The van der Waals surface area contributed by atoms with Gasteiger partial charge in [-0.3, -0.25) is 4.79 Å². The van der Waals surface area contributed by atoms with Gasteiger partial charge in [-0.2, -0.15) is 5.10 Å². The van der Waals surface area contributed by atoms with Crippen LogP contribution in [0.2, 0.25) is 0 Å². The van der Waals surface area contributed by atoms with Crippen molar-refractivity contribution in [3.8, 4) is 17.2 Å². The molecule has 0 saturated heterocycles. The van der Waals surface area contributed by atoms with Crippen molar-refractivity contribution in [3.05, 3.63) is 52.0 Å². The summed E-state index contributed by atoms with van der Waals surface area (Å²) in [6.45, 7) is 2.51. The molecule has 1 N–H and O–H groups in total. The molecule has 0 fully saturated rings. The number of rotatable bonds is 7. The number of nitrogens with zero attached hydrogens (tertiary/aromatic N) is 1. The highest BCUT2D eigenvalue weighted by Gasteiger charge is 2.09. The molecule has 25 heavy (non-hydrogen) atoms. The monoisotopic (exact) mass is 406 g/mol. The van der Waals surface area contributed by atoms with Gasteiger partial charge in [-0.05, 0) is 58.7 Å². The van der Waals surface area contributed by atoms with Crippen molar-refractivity contribution >= 4 is 28.1 Å². The third-order valence-corrected chi connectivity index (χ3v) is 3.87. The fraction of sp³-hybridized carbons (Fsp3) is 0.222. The quantitative estimate of drug-likeness (QED) is 0.562. The SMILES string of the molecule is CCOc1ccc(C=NNC(=O)c2cc(OC)cc(OC)c2)cc1Br. The Morgan fingerprint density at radius 2 is 1.84 bits per heavy atom. The second-order valence-electron chi connectivity index (χ2n) is 4.92. The van der Waals surface area contributed by atoms with E-state index in [1.807, 2.05) is 25.1 Å². The maximum Gasteiger partial charge on any atom is 0.271 e. The van der Waals surface area contributed by atoms with Crippen molar-refractivity contribution in [1.82, 2.24) is 5.43 Å². The van der Waals surface area contributed by atoms with Crippen LogP contribution < -0.4 is 19.6 Å². The van der Waals surface area contributed by atoms with E-state index >= 15 is 0 Å². The Kier molecular flexibility index (Phi) is 6.82. The largest absolute Gasteiger partial charge is 0.497 e. The first-order valence-corrected chi connectivity index (χ1v) is 8.35. The van der Waals surface area contributed by atoms with Crippen LogP contribution >= 0.6 is 15.9 Å². The Bertz CT molecular complexity index is 755. The number of hydrogen-bond donors (Lipinski definition) is 1. The molecule has 0 aliphatic heterocycles. The highest BCUT2D eigenvalue weighted by molar-refractivity contribution is 9.10. The lowest BCUT2D eigenvalue weighted by atomic mass is 10.2. The molecule has 7 heteroatoms. The van der Waals surface area contributed by atoms with Crippen molar-refractivity contribution in [1.29, 1.82) is 0 Å². The molecule has 2 aromatic rings. The molecular weight excluding hydrogens is 388 g/mol. The molecule has 0 radical (unpaired) electrons. The van der Waals surface area contributed by atoms with Gasteiger partial charge in [-0.1, -0.05) is 0 Å². The highest BCUT2D eigenvalue weighted by Crippen LogP contribution is 2.25. The number of ether oxygens (including phenoxy) is 3. The Labute approximate surface area is 154 Å². The number of benzene rings is 2. The summed E-state index contributed by atoms with van der Waals surface area (Å²) in [5, 5.41) is 3.98. The van der Waals surface area contributed by atoms with Gasteiger partial charge in [0.1, 0.15) is 17.2 Å². The lowest BCUT2D eigenvalue weighted by molar-refractivity contribution is 0.0954. The van der Waals surface area contributed by atoms with Gasteiger partial charge in [0.25, 0.3) is 5.91 Å². The van der Waals surface area contributed by atoms with Crippen LogP contribution in [-0.2, 0) is 0 Å². The molecule has 0 heterocycles. The molecule has 0 saturated carbocycles. The summed E-state index contributed by atoms with van der Waals surface area (Å²) < 4.78 is 16.6. The molecule has 132 valence electrons. The molecule has 1 amide bonds. The van der Waals surface area contributed by atoms with Gasteiger partial charge >= 0.3 is 0 Å². The topological polar surface area (TPSA) is 69.2 Å². The van der Waals surface area contributed by atoms with Crippen molar-refractivity contribution in [2.75, 3.05) is 20.8 Å². The average Bonchev–Trinajstić information content (AvgIpc) is 2.63. The fourth-order valence-corrected chi connectivity index (χ4v) is 2.55. The molecule has 0 unspecified atom stereocenters. The lowest BCUT2D eigenvalue weighted by Gasteiger charge is -2.07. The Hall–Kier alpha value is -2.54. The van der Waals surface area contributed by atoms with Gasteiger partial charge in [0.05, 0.1) is 31.5 Å². The summed E-state index contributed by atoms with van der Waals surface area (Å²) in [6.07, 6.45) is 1.55. The molecule has 6 nitrogen and oxygen atoms in total. The minimum Gasteiger partial charge on any atom is -0.497 e. The highest BCUT2D eigenvalue weighted by atomic mass is 79.9. The smallest absolute Gasteiger partial charge is 0.271 e. The minimum atomic E-state index is -0.363. The van der Waals surface area contributed by atoms with Crippen molar-refractivity contribution in [2.45, 2.75) is 6.92 Å². The number of nitrogens with one attached hydrogen (secondary N) is 1. The Morgan fingerprint density at radius 3 is 2.40 bits per heavy atom. The number of halogens is 1. The summed E-state index contributed by atoms with van der Waals surface area (Å²) in [7, 11) is 3.05. The normalized spacial score (nSPS) is 10.6. The van der Waals surface area contributed by atoms with E-state index in [1.165, 1.54) is 14.2 Å². The Morgan fingerprint density at radius 1 is 1.16 bits per heavy atom. The van der Waals surface area contributed by atoms with Gasteiger partial charge < -0.3 is 14.2 Å². The predicted octanol–water partition coefficient (Wildman–Crippen LogP) is 3.63. The standard InChI is InChI=1S/C18H19BrN2O4/c1-4-25-17-6-5-12(7-16(17)19)11-20-21-18(22)13-8-14(23-2)10-15(9-13)24-3/h5-11H,4H2,1-3H3,(H,21,22). The summed E-state index contributed by atoms with van der Waals surface area (Å²) in [6, 6.07) is 10.5. The number of carbonyl (C=O) groups excluding carboxylic acids is 1. The van der Waals surface area contributed by atoms with Gasteiger partial charge in [0.15, 0.2) is 0 Å². The van der Waals surface area contributed by atoms with E-state index in [0.717, 1.165) is 15.8 Å². The molecule has 2 aromatic carbocycles. The number of methoxy groups -OCH3 is 2. The van der Waals surface area contributed by atoms with Crippen LogP contribution in [0.5, 0.6) is 17.2 Å². The number of hydrogen-bond acceptors (Lipinski definition) is 5. The predicted molar refractivity (Wildman–Crippen MR) is 99.9 cm³/mol. The van der Waals surface area contributed by atoms with E-state index in [2.05, 4.69) is 26.5 Å². The summed E-state index contributed by atoms with van der Waals surface area (Å²) in [5.41, 5.74) is 3.69. The third-order valence-electron chi connectivity index (χ3n) is 3.25. The Balaban J connectivity index is 2.06. The second-order valence-corrected chi connectivity index (χ2v) is 5.78. The first-order valence-electron chi connectivity index (χ1n) is 7.56. The molecule has 0 aliphatic carbocycles. The second kappa shape index (κ2) is 9.08. The van der Waals surface area contributed by atoms with Gasteiger partial charge in [0, 0.05) is 11.6 Å². The van der Waals surface area contributed by atoms with Crippen LogP contribution in [0, 0.1) is 0 Å². The summed E-state index contributed by atoms with van der Waals surface area (Å²) >= 11 is 3.44. The van der Waals surface area contributed by atoms with E-state index in [4.69, 9.17) is 14.2 Å². The average molecular weight is 407 g/mol. The van der Waals surface area contributed by atoms with E-state index < -0.39 is 0 Å². The summed E-state index contributed by atoms with van der Waals surface area (Å²) in [5.74, 6) is 1.46. The minimum absolute atomic E-state index is 0.363. The zero-order chi connectivity index (χ0) is 18.2. The maximum absolute atomic E-state index is 12.2. The van der Waals surface area contributed by atoms with Crippen molar-refractivity contribution in [3.63, 3.8) is 0 Å². The van der Waals surface area contributed by atoms with Crippen molar-refractivity contribution < 1.29 is 19.0 Å². The van der Waals surface area contributed by atoms with Crippen LogP contribution in [-0.4, -0.2) is 32.9 Å². The molecule has 0 spiro atoms. The molecule has 0 atom stereocenters. The van der Waals surface area contributed by atoms with Gasteiger partial charge in [-0.15, -0.1) is 0 Å². The zero-order valence-corrected chi connectivity index (χ0v) is 15.8. The molecule has 0 aromatic heterocycles. The van der Waals surface area contributed by atoms with E-state index in [0.29, 0.717) is 23.7 Å². The maximum atomic E-state index is 12.2. The van der Waals surface area contributed by atoms with Gasteiger partial charge in [-0.25, -0.2) is 5.43 Å². The number of hydrazone groups is 1. The molecule has 0 aliphatic rings. The molecule has 2 rings (SSSR count). The van der Waals surface area contributed by atoms with Crippen LogP contribution in [0.25, 0.3) is 0 Å². The van der Waals surface area contributed by atoms with Crippen LogP contribution in [0.1, 0.15) is 22.8 Å². The van der Waals surface area contributed by atoms with Crippen molar-refractivity contribution in [2.24, 2.45) is 5.10 Å². The van der Waals surface area contributed by atoms with E-state index in [9.17, 15) is 4.79 Å². The molecule has 0 bridgehead atoms. The van der Waals surface area contributed by atoms with E-state index in [-0.39, 0.29) is 5.91 Å². The third kappa shape index (κ3) is 5.22. The molecular formula is C18H19BrN2O4. The number of carbonyl (C=O) groups is 1. The lowest BCUT2D eigenvalue weighted by Crippen LogP contribution is -2.17. The zero-order valence-electron chi connectivity index (χ0n) is 14.2. The van der Waals surface area contributed by atoms with Crippen LogP contribution in [0.3, 0.4) is 0 Å². The fourth-order valence-electron chi connectivity index (χ4n) is 2.04. The van der Waals surface area contributed by atoms with Crippen LogP contribution in [0.15, 0.2) is 46.0 Å². The van der Waals surface area contributed by atoms with E-state index in [1.54, 1.807) is 24.4 Å². The summed E-state index contributed by atoms with van der Waals surface area (Å²) in [4.78, 5) is 12.2. The first kappa shape index (κ1) is 18.8. The number of amides is 1.